The summed E-state index contributed by atoms with van der Waals surface area (Å²) in [5, 5.41) is 27.0. The summed E-state index contributed by atoms with van der Waals surface area (Å²) < 4.78 is 18.2. The quantitative estimate of drug-likeness (QED) is 0.693. The molecule has 0 amide bonds. The molecule has 0 aliphatic carbocycles. The molecule has 16 heavy (non-hydrogen) atoms. The lowest BCUT2D eigenvalue weighted by molar-refractivity contribution is -0.153. The van der Waals surface area contributed by atoms with E-state index in [0.29, 0.717) is 0 Å². The Balaban J connectivity index is 3.08. The van der Waals surface area contributed by atoms with E-state index >= 15 is 0 Å². The summed E-state index contributed by atoms with van der Waals surface area (Å²) in [5.41, 5.74) is -0.325. The molecule has 88 valence electrons. The molecule has 0 aliphatic heterocycles. The van der Waals surface area contributed by atoms with Crippen LogP contribution in [0.1, 0.15) is 11.7 Å². The molecule has 0 aliphatic rings. The number of carboxylic acids is 1. The van der Waals surface area contributed by atoms with Crippen molar-refractivity contribution >= 4 is 5.97 Å². The maximum Gasteiger partial charge on any atom is 0.335 e. The third kappa shape index (κ3) is 2.29. The van der Waals surface area contributed by atoms with Crippen molar-refractivity contribution in [3.8, 4) is 5.75 Å². The minimum absolute atomic E-state index is 0.130. The van der Waals surface area contributed by atoms with Gasteiger partial charge in [0.1, 0.15) is 6.10 Å². The Bertz CT molecular complexity index is 393. The first-order valence-corrected chi connectivity index (χ1v) is 4.40. The second kappa shape index (κ2) is 4.91. The molecule has 2 atom stereocenters. The Morgan fingerprint density at radius 2 is 2.06 bits per heavy atom. The van der Waals surface area contributed by atoms with E-state index in [9.17, 15) is 14.3 Å². The first-order valence-electron chi connectivity index (χ1n) is 4.40. The van der Waals surface area contributed by atoms with Crippen LogP contribution in [0.2, 0.25) is 0 Å². The molecular formula is C10H11FO5. The van der Waals surface area contributed by atoms with Gasteiger partial charge in [0.2, 0.25) is 0 Å². The Morgan fingerprint density at radius 3 is 2.56 bits per heavy atom. The number of aliphatic hydroxyl groups excluding tert-OH is 2. The topological polar surface area (TPSA) is 87.0 Å². The molecule has 0 aromatic heterocycles. The van der Waals surface area contributed by atoms with E-state index in [2.05, 4.69) is 4.74 Å². The lowest BCUT2D eigenvalue weighted by Gasteiger charge is -2.16. The minimum Gasteiger partial charge on any atom is -0.494 e. The first kappa shape index (κ1) is 12.4. The van der Waals surface area contributed by atoms with Crippen LogP contribution in [0.3, 0.4) is 0 Å². The smallest absolute Gasteiger partial charge is 0.335 e. The zero-order valence-corrected chi connectivity index (χ0v) is 8.42. The number of benzene rings is 1. The maximum absolute atomic E-state index is 13.6. The standard InChI is InChI=1S/C10H11FO5/c1-16-6-4-2-3-5(7(6)11)8(12)9(13)10(14)15/h2-4,8-9,12-13H,1H3,(H,14,15). The van der Waals surface area contributed by atoms with Gasteiger partial charge < -0.3 is 20.1 Å². The van der Waals surface area contributed by atoms with Crippen LogP contribution in [0.25, 0.3) is 0 Å². The third-order valence-electron chi connectivity index (χ3n) is 2.08. The van der Waals surface area contributed by atoms with Gasteiger partial charge >= 0.3 is 5.97 Å². The molecule has 2 unspecified atom stereocenters. The van der Waals surface area contributed by atoms with Crippen molar-refractivity contribution in [2.45, 2.75) is 12.2 Å². The van der Waals surface area contributed by atoms with Crippen LogP contribution >= 0.6 is 0 Å². The van der Waals surface area contributed by atoms with E-state index in [-0.39, 0.29) is 11.3 Å². The summed E-state index contributed by atoms with van der Waals surface area (Å²) in [6, 6.07) is 3.88. The lowest BCUT2D eigenvalue weighted by Crippen LogP contribution is -2.28. The summed E-state index contributed by atoms with van der Waals surface area (Å²) in [7, 11) is 1.24. The van der Waals surface area contributed by atoms with Crippen molar-refractivity contribution in [3.05, 3.63) is 29.6 Å². The number of methoxy groups -OCH3 is 1. The highest BCUT2D eigenvalue weighted by Gasteiger charge is 2.28. The fraction of sp³-hybridized carbons (Fsp3) is 0.300. The van der Waals surface area contributed by atoms with Gasteiger partial charge in [0.15, 0.2) is 17.7 Å². The van der Waals surface area contributed by atoms with Crippen molar-refractivity contribution in [1.29, 1.82) is 0 Å². The van der Waals surface area contributed by atoms with Gasteiger partial charge in [0, 0.05) is 5.56 Å². The predicted octanol–water partition coefficient (Wildman–Crippen LogP) is 0.313. The molecule has 5 nitrogen and oxygen atoms in total. The average molecular weight is 230 g/mol. The van der Waals surface area contributed by atoms with E-state index < -0.39 is 24.0 Å². The number of hydrogen-bond donors (Lipinski definition) is 3. The monoisotopic (exact) mass is 230 g/mol. The number of carboxylic acid groups (broad SMARTS) is 1. The van der Waals surface area contributed by atoms with E-state index in [1.807, 2.05) is 0 Å². The van der Waals surface area contributed by atoms with Gasteiger partial charge in [-0.25, -0.2) is 9.18 Å². The number of carbonyl (C=O) groups is 1. The molecule has 1 aromatic carbocycles. The van der Waals surface area contributed by atoms with Crippen molar-refractivity contribution < 1.29 is 29.2 Å². The zero-order chi connectivity index (χ0) is 12.3. The summed E-state index contributed by atoms with van der Waals surface area (Å²) in [6.07, 6.45) is -3.92. The largest absolute Gasteiger partial charge is 0.494 e. The van der Waals surface area contributed by atoms with Crippen molar-refractivity contribution in [2.75, 3.05) is 7.11 Å². The van der Waals surface area contributed by atoms with Gasteiger partial charge in [-0.3, -0.25) is 0 Å². The van der Waals surface area contributed by atoms with Crippen LogP contribution < -0.4 is 4.74 Å². The molecule has 1 rings (SSSR count). The van der Waals surface area contributed by atoms with Crippen LogP contribution in [0.15, 0.2) is 18.2 Å². The molecule has 0 radical (unpaired) electrons. The number of hydrogen-bond acceptors (Lipinski definition) is 4. The van der Waals surface area contributed by atoms with E-state index in [1.54, 1.807) is 0 Å². The normalized spacial score (nSPS) is 14.2. The zero-order valence-electron chi connectivity index (χ0n) is 8.42. The average Bonchev–Trinajstić information content (AvgIpc) is 2.27. The van der Waals surface area contributed by atoms with E-state index in [1.165, 1.54) is 25.3 Å². The van der Waals surface area contributed by atoms with E-state index in [4.69, 9.17) is 10.2 Å². The number of rotatable bonds is 4. The molecule has 0 saturated carbocycles. The van der Waals surface area contributed by atoms with Gasteiger partial charge in [-0.05, 0) is 6.07 Å². The maximum atomic E-state index is 13.6. The molecule has 0 spiro atoms. The Kier molecular flexibility index (Phi) is 3.81. The number of halogens is 1. The Labute approximate surface area is 90.7 Å². The molecule has 1 aromatic rings. The molecule has 6 heteroatoms. The number of aliphatic carboxylic acids is 1. The fourth-order valence-corrected chi connectivity index (χ4v) is 1.22. The summed E-state index contributed by atoms with van der Waals surface area (Å²) >= 11 is 0. The highest BCUT2D eigenvalue weighted by atomic mass is 19.1. The van der Waals surface area contributed by atoms with Crippen LogP contribution in [0.5, 0.6) is 5.75 Å². The summed E-state index contributed by atoms with van der Waals surface area (Å²) in [6.45, 7) is 0. The van der Waals surface area contributed by atoms with Gasteiger partial charge in [-0.15, -0.1) is 0 Å². The molecule has 3 N–H and O–H groups in total. The second-order valence-electron chi connectivity index (χ2n) is 3.09. The summed E-state index contributed by atoms with van der Waals surface area (Å²) in [5.74, 6) is -2.65. The molecule has 0 bridgehead atoms. The van der Waals surface area contributed by atoms with Crippen molar-refractivity contribution in [3.63, 3.8) is 0 Å². The lowest BCUT2D eigenvalue weighted by atomic mass is 10.0. The molecule has 0 fully saturated rings. The van der Waals surface area contributed by atoms with Crippen molar-refractivity contribution in [1.82, 2.24) is 0 Å². The molecule has 0 heterocycles. The summed E-state index contributed by atoms with van der Waals surface area (Å²) in [4.78, 5) is 10.4. The number of aliphatic hydroxyl groups is 2. The van der Waals surface area contributed by atoms with Crippen molar-refractivity contribution in [2.24, 2.45) is 0 Å². The minimum atomic E-state index is -2.08. The third-order valence-corrected chi connectivity index (χ3v) is 2.08. The van der Waals surface area contributed by atoms with Gasteiger partial charge in [0.25, 0.3) is 0 Å². The van der Waals surface area contributed by atoms with Crippen LogP contribution in [-0.2, 0) is 4.79 Å². The Hall–Kier alpha value is -1.66. The van der Waals surface area contributed by atoms with Crippen LogP contribution in [0, 0.1) is 5.82 Å². The SMILES string of the molecule is COc1cccc(C(O)C(O)C(=O)O)c1F. The van der Waals surface area contributed by atoms with Gasteiger partial charge in [0.05, 0.1) is 7.11 Å². The molecular weight excluding hydrogens is 219 g/mol. The molecule has 0 saturated heterocycles. The number of ether oxygens (including phenoxy) is 1. The highest BCUT2D eigenvalue weighted by molar-refractivity contribution is 5.73. The fourth-order valence-electron chi connectivity index (χ4n) is 1.22. The van der Waals surface area contributed by atoms with Crippen LogP contribution in [-0.4, -0.2) is 34.5 Å². The van der Waals surface area contributed by atoms with Gasteiger partial charge in [-0.2, -0.15) is 0 Å². The predicted molar refractivity (Wildman–Crippen MR) is 51.6 cm³/mol. The second-order valence-corrected chi connectivity index (χ2v) is 3.09. The van der Waals surface area contributed by atoms with Crippen LogP contribution in [0.4, 0.5) is 4.39 Å². The first-order chi connectivity index (χ1) is 7.49. The van der Waals surface area contributed by atoms with E-state index in [0.717, 1.165) is 0 Å². The van der Waals surface area contributed by atoms with Gasteiger partial charge in [-0.1, -0.05) is 12.1 Å². The highest BCUT2D eigenvalue weighted by Crippen LogP contribution is 2.26. The Morgan fingerprint density at radius 1 is 1.44 bits per heavy atom.